The number of aldehydes is 1. The Hall–Kier alpha value is -2.24. The predicted octanol–water partition coefficient (Wildman–Crippen LogP) is 6.07. The highest BCUT2D eigenvalue weighted by atomic mass is 35.5. The quantitative estimate of drug-likeness (QED) is 0.385. The molecule has 5 nitrogen and oxygen atoms in total. The number of alkyl halides is 6. The van der Waals surface area contributed by atoms with E-state index in [4.69, 9.17) is 23.2 Å². The van der Waals surface area contributed by atoms with Crippen LogP contribution < -0.4 is 5.32 Å². The average Bonchev–Trinajstić information content (AvgIpc) is 3.47. The molecule has 182 valence electrons. The molecule has 1 aliphatic rings. The number of likely N-dealkylation sites (N-methyl/N-ethyl adjacent to an activating group) is 1. The van der Waals surface area contributed by atoms with Crippen LogP contribution in [0.1, 0.15) is 47.2 Å². The lowest BCUT2D eigenvalue weighted by atomic mass is 10.0. The first-order valence-corrected chi connectivity index (χ1v) is 10.0. The smallest absolute Gasteiger partial charge is 0.319 e. The van der Waals surface area contributed by atoms with Crippen molar-refractivity contribution in [2.75, 3.05) is 13.6 Å². The van der Waals surface area contributed by atoms with Crippen molar-refractivity contribution >= 4 is 35.6 Å². The molecule has 2 aromatic heterocycles. The van der Waals surface area contributed by atoms with Crippen molar-refractivity contribution < 1.29 is 31.1 Å². The fourth-order valence-electron chi connectivity index (χ4n) is 2.79. The van der Waals surface area contributed by atoms with Gasteiger partial charge < -0.3 is 5.32 Å². The van der Waals surface area contributed by atoms with Crippen LogP contribution in [0.25, 0.3) is 6.08 Å². The first-order chi connectivity index (χ1) is 15.4. The fraction of sp³-hybridized carbons (Fsp3) is 0.400. The molecule has 13 heteroatoms. The van der Waals surface area contributed by atoms with Gasteiger partial charge in [0.15, 0.2) is 12.0 Å². The summed E-state index contributed by atoms with van der Waals surface area (Å²) in [5, 5.41) is 4.68. The number of allylic oxidation sites excluding steroid dienone is 1. The molecule has 0 aliphatic heterocycles. The molecule has 0 amide bonds. The number of aromatic nitrogens is 3. The van der Waals surface area contributed by atoms with Gasteiger partial charge in [-0.15, -0.1) is 0 Å². The molecule has 0 saturated heterocycles. The lowest BCUT2D eigenvalue weighted by Gasteiger charge is -2.15. The molecule has 1 fully saturated rings. The molecule has 0 radical (unpaired) electrons. The van der Waals surface area contributed by atoms with Crippen molar-refractivity contribution in [2.45, 2.75) is 38.0 Å². The molecule has 0 spiro atoms. The normalized spacial score (nSPS) is 14.6. The van der Waals surface area contributed by atoms with E-state index in [-0.39, 0.29) is 11.7 Å². The molecule has 2 aromatic rings. The first kappa shape index (κ1) is 28.8. The van der Waals surface area contributed by atoms with Gasteiger partial charge in [-0.1, -0.05) is 23.2 Å². The van der Waals surface area contributed by atoms with Crippen LogP contribution in [0.15, 0.2) is 29.7 Å². The van der Waals surface area contributed by atoms with Crippen LogP contribution in [0.2, 0.25) is 5.02 Å². The minimum Gasteiger partial charge on any atom is -0.319 e. The number of carbonyl (C=O) groups is 1. The Balaban J connectivity index is 0.000000297. The fourth-order valence-corrected chi connectivity index (χ4v) is 3.29. The molecule has 2 heterocycles. The van der Waals surface area contributed by atoms with Crippen molar-refractivity contribution in [3.05, 3.63) is 57.4 Å². The summed E-state index contributed by atoms with van der Waals surface area (Å²) in [5.74, 6) is 0. The monoisotopic (exact) mass is 516 g/mol. The van der Waals surface area contributed by atoms with E-state index in [1.54, 1.807) is 0 Å². The summed E-state index contributed by atoms with van der Waals surface area (Å²) in [6, 6.07) is 1.94. The number of hydrogen-bond acceptors (Lipinski definition) is 5. The number of pyridine rings is 1. The van der Waals surface area contributed by atoms with Crippen LogP contribution in [-0.2, 0) is 11.6 Å². The zero-order valence-corrected chi connectivity index (χ0v) is 18.9. The summed E-state index contributed by atoms with van der Waals surface area (Å²) in [5.41, 5.74) is 0.179. The van der Waals surface area contributed by atoms with Gasteiger partial charge in [-0.3, -0.25) is 9.78 Å². The van der Waals surface area contributed by atoms with Crippen molar-refractivity contribution in [1.29, 1.82) is 0 Å². The standard InChI is InChI=1S/C13H16Cl2N2.C6H3F3N2O.CHF3/c1-9(14)5-10-6-11(15)12(17-7-10)13(3-4-13)8-16-2;7-6(8,9)5-4(3-12)10-1-2-11-5;2-1(3)4/h5-7,16H,3-4,8H2,1-2H3;1-3H;1H/b9-5+;;. The Morgan fingerprint density at radius 1 is 1.21 bits per heavy atom. The summed E-state index contributed by atoms with van der Waals surface area (Å²) in [6.45, 7) is -0.893. The highest BCUT2D eigenvalue weighted by Crippen LogP contribution is 2.49. The topological polar surface area (TPSA) is 67.8 Å². The van der Waals surface area contributed by atoms with Gasteiger partial charge in [-0.05, 0) is 44.5 Å². The Labute approximate surface area is 196 Å². The summed E-state index contributed by atoms with van der Waals surface area (Å²) < 4.78 is 64.9. The Bertz CT molecular complexity index is 946. The molecule has 1 N–H and O–H groups in total. The van der Waals surface area contributed by atoms with Gasteiger partial charge in [0.1, 0.15) is 5.69 Å². The summed E-state index contributed by atoms with van der Waals surface area (Å²) >= 11 is 12.1. The second-order valence-corrected chi connectivity index (χ2v) is 7.80. The highest BCUT2D eigenvalue weighted by molar-refractivity contribution is 6.32. The number of nitrogens with one attached hydrogen (secondary N) is 1. The van der Waals surface area contributed by atoms with E-state index < -0.39 is 24.2 Å². The lowest BCUT2D eigenvalue weighted by molar-refractivity contribution is -0.141. The van der Waals surface area contributed by atoms with Crippen LogP contribution in [0, 0.1) is 0 Å². The number of nitrogens with zero attached hydrogens (tertiary/aromatic N) is 3. The maximum Gasteiger partial charge on any atom is 0.435 e. The maximum atomic E-state index is 12.0. The molecule has 33 heavy (non-hydrogen) atoms. The van der Waals surface area contributed by atoms with E-state index in [2.05, 4.69) is 20.3 Å². The third-order valence-corrected chi connectivity index (χ3v) is 4.60. The zero-order valence-electron chi connectivity index (χ0n) is 17.4. The van der Waals surface area contributed by atoms with Crippen molar-refractivity contribution in [2.24, 2.45) is 0 Å². The second-order valence-electron chi connectivity index (χ2n) is 6.79. The Morgan fingerprint density at radius 2 is 1.79 bits per heavy atom. The van der Waals surface area contributed by atoms with Gasteiger partial charge in [0.05, 0.1) is 10.7 Å². The molecule has 0 aromatic carbocycles. The van der Waals surface area contributed by atoms with Crippen molar-refractivity contribution in [1.82, 2.24) is 20.3 Å². The van der Waals surface area contributed by atoms with E-state index in [1.807, 2.05) is 32.3 Å². The Morgan fingerprint density at radius 3 is 2.18 bits per heavy atom. The van der Waals surface area contributed by atoms with Crippen LogP contribution >= 0.6 is 23.2 Å². The maximum absolute atomic E-state index is 12.0. The van der Waals surface area contributed by atoms with Crippen LogP contribution in [0.3, 0.4) is 0 Å². The van der Waals surface area contributed by atoms with Gasteiger partial charge in [0, 0.05) is 35.6 Å². The molecule has 1 saturated carbocycles. The molecule has 0 bridgehead atoms. The molecular weight excluding hydrogens is 497 g/mol. The van der Waals surface area contributed by atoms with Crippen molar-refractivity contribution in [3.63, 3.8) is 0 Å². The van der Waals surface area contributed by atoms with E-state index in [9.17, 15) is 31.1 Å². The number of rotatable bonds is 5. The van der Waals surface area contributed by atoms with Crippen LogP contribution in [0.5, 0.6) is 0 Å². The number of halogens is 8. The van der Waals surface area contributed by atoms with E-state index in [1.165, 1.54) is 0 Å². The van der Waals surface area contributed by atoms with Gasteiger partial charge in [-0.2, -0.15) is 26.3 Å². The molecule has 3 rings (SSSR count). The van der Waals surface area contributed by atoms with Crippen LogP contribution in [-0.4, -0.2) is 41.5 Å². The third kappa shape index (κ3) is 9.65. The number of hydrogen-bond donors (Lipinski definition) is 1. The van der Waals surface area contributed by atoms with Gasteiger partial charge in [0.2, 0.25) is 0 Å². The SMILES string of the molecule is CNCC1(c2ncc(/C=C(\C)Cl)cc2Cl)CC1.FC(F)F.O=Cc1nccnc1C(F)(F)F. The first-order valence-electron chi connectivity index (χ1n) is 9.26. The van der Waals surface area contributed by atoms with Gasteiger partial charge >= 0.3 is 12.9 Å². The Kier molecular flexibility index (Phi) is 11.2. The molecule has 0 atom stereocenters. The van der Waals surface area contributed by atoms with E-state index in [0.29, 0.717) is 0 Å². The number of carbonyl (C=O) groups excluding carboxylic acids is 1. The zero-order chi connectivity index (χ0) is 25.2. The van der Waals surface area contributed by atoms with Crippen molar-refractivity contribution in [3.8, 4) is 0 Å². The molecular formula is C20H20Cl2F6N4O. The highest BCUT2D eigenvalue weighted by Gasteiger charge is 2.46. The third-order valence-electron chi connectivity index (χ3n) is 4.21. The molecule has 1 aliphatic carbocycles. The minimum absolute atomic E-state index is 0.0236. The lowest BCUT2D eigenvalue weighted by Crippen LogP contribution is -2.24. The minimum atomic E-state index is -4.62. The van der Waals surface area contributed by atoms with E-state index in [0.717, 1.165) is 53.1 Å². The molecule has 0 unspecified atom stereocenters. The van der Waals surface area contributed by atoms with Gasteiger partial charge in [-0.25, -0.2) is 9.97 Å². The van der Waals surface area contributed by atoms with E-state index >= 15 is 0 Å². The van der Waals surface area contributed by atoms with Crippen LogP contribution in [0.4, 0.5) is 26.3 Å². The summed E-state index contributed by atoms with van der Waals surface area (Å²) in [6.07, 6.45) is 3.33. The van der Waals surface area contributed by atoms with Gasteiger partial charge in [0.25, 0.3) is 0 Å². The summed E-state index contributed by atoms with van der Waals surface area (Å²) in [4.78, 5) is 20.8. The summed E-state index contributed by atoms with van der Waals surface area (Å²) in [7, 11) is 1.96. The average molecular weight is 517 g/mol. The predicted molar refractivity (Wildman–Crippen MR) is 113 cm³/mol. The largest absolute Gasteiger partial charge is 0.435 e. The second kappa shape index (κ2) is 12.9.